The molecule has 0 aliphatic carbocycles. The maximum Gasteiger partial charge on any atom is 0.320 e. The number of hydrogen-bond donors (Lipinski definition) is 3. The van der Waals surface area contributed by atoms with Crippen molar-refractivity contribution < 1.29 is 33.3 Å². The van der Waals surface area contributed by atoms with Crippen LogP contribution in [-0.4, -0.2) is 88.6 Å². The van der Waals surface area contributed by atoms with Gasteiger partial charge in [0.25, 0.3) is 0 Å². The van der Waals surface area contributed by atoms with Gasteiger partial charge in [-0.15, -0.1) is 0 Å². The van der Waals surface area contributed by atoms with Gasteiger partial charge in [-0.1, -0.05) is 60.7 Å². The summed E-state index contributed by atoms with van der Waals surface area (Å²) in [5.41, 5.74) is 7.05. The Bertz CT molecular complexity index is 874. The van der Waals surface area contributed by atoms with Crippen LogP contribution in [0.25, 0.3) is 0 Å². The molecular weight excluding hydrogens is 492 g/mol. The molecule has 0 spiro atoms. The zero-order chi connectivity index (χ0) is 27.3. The van der Waals surface area contributed by atoms with Gasteiger partial charge in [0.2, 0.25) is 0 Å². The SMILES string of the molecule is NCCOCCOCCNC(=O)NCCN(CC(=O)OCc1ccccc1)CC(=O)OCc1ccccc1. The highest BCUT2D eigenvalue weighted by Gasteiger charge is 2.17. The fourth-order valence-electron chi connectivity index (χ4n) is 3.18. The number of ether oxygens (including phenoxy) is 4. The summed E-state index contributed by atoms with van der Waals surface area (Å²) in [6.45, 7) is 2.92. The maximum absolute atomic E-state index is 12.4. The van der Waals surface area contributed by atoms with Crippen LogP contribution in [0.4, 0.5) is 4.79 Å². The number of amides is 2. The number of carbonyl (C=O) groups excluding carboxylic acids is 3. The number of nitrogens with one attached hydrogen (secondary N) is 2. The summed E-state index contributed by atoms with van der Waals surface area (Å²) in [5, 5.41) is 5.38. The predicted molar refractivity (Wildman–Crippen MR) is 141 cm³/mol. The van der Waals surface area contributed by atoms with Crippen LogP contribution in [0.1, 0.15) is 11.1 Å². The smallest absolute Gasteiger partial charge is 0.320 e. The molecule has 0 radical (unpaired) electrons. The number of rotatable bonds is 19. The number of esters is 2. The van der Waals surface area contributed by atoms with Crippen LogP contribution in [0.5, 0.6) is 0 Å². The Morgan fingerprint density at radius 1 is 0.684 bits per heavy atom. The van der Waals surface area contributed by atoms with E-state index in [0.717, 1.165) is 11.1 Å². The first-order chi connectivity index (χ1) is 18.6. The highest BCUT2D eigenvalue weighted by atomic mass is 16.5. The van der Waals surface area contributed by atoms with Gasteiger partial charge in [0.05, 0.1) is 39.5 Å². The Kier molecular flexibility index (Phi) is 15.8. The average Bonchev–Trinajstić information content (AvgIpc) is 2.93. The quantitative estimate of drug-likeness (QED) is 0.180. The van der Waals surface area contributed by atoms with Crippen molar-refractivity contribution in [2.45, 2.75) is 13.2 Å². The summed E-state index contributed by atoms with van der Waals surface area (Å²) in [7, 11) is 0. The van der Waals surface area contributed by atoms with Gasteiger partial charge in [-0.3, -0.25) is 14.5 Å². The normalized spacial score (nSPS) is 10.7. The van der Waals surface area contributed by atoms with Crippen LogP contribution >= 0.6 is 0 Å². The zero-order valence-electron chi connectivity index (χ0n) is 21.6. The summed E-state index contributed by atoms with van der Waals surface area (Å²) in [6, 6.07) is 18.2. The third-order valence-electron chi connectivity index (χ3n) is 5.07. The van der Waals surface area contributed by atoms with Crippen molar-refractivity contribution in [3.8, 4) is 0 Å². The van der Waals surface area contributed by atoms with Gasteiger partial charge in [0.1, 0.15) is 13.2 Å². The van der Waals surface area contributed by atoms with Crippen LogP contribution in [0.2, 0.25) is 0 Å². The summed E-state index contributed by atoms with van der Waals surface area (Å²) >= 11 is 0. The second-order valence-electron chi connectivity index (χ2n) is 8.20. The zero-order valence-corrected chi connectivity index (χ0v) is 21.6. The van der Waals surface area contributed by atoms with Crippen LogP contribution < -0.4 is 16.4 Å². The molecule has 4 N–H and O–H groups in total. The van der Waals surface area contributed by atoms with E-state index in [4.69, 9.17) is 24.7 Å². The fraction of sp³-hybridized carbons (Fsp3) is 0.444. The predicted octanol–water partition coefficient (Wildman–Crippen LogP) is 1.07. The topological polar surface area (TPSA) is 141 Å². The van der Waals surface area contributed by atoms with E-state index in [0.29, 0.717) is 39.5 Å². The molecule has 0 aliphatic rings. The van der Waals surface area contributed by atoms with E-state index < -0.39 is 11.9 Å². The van der Waals surface area contributed by atoms with E-state index in [1.807, 2.05) is 60.7 Å². The van der Waals surface area contributed by atoms with E-state index >= 15 is 0 Å². The van der Waals surface area contributed by atoms with E-state index in [9.17, 15) is 14.4 Å². The van der Waals surface area contributed by atoms with Gasteiger partial charge in [-0.05, 0) is 11.1 Å². The molecular formula is C27H38N4O7. The molecule has 2 aromatic carbocycles. The first-order valence-electron chi connectivity index (χ1n) is 12.6. The van der Waals surface area contributed by atoms with E-state index in [-0.39, 0.29) is 45.4 Å². The van der Waals surface area contributed by atoms with E-state index in [1.54, 1.807) is 4.90 Å². The lowest BCUT2D eigenvalue weighted by molar-refractivity contribution is -0.150. The number of urea groups is 1. The number of nitrogens with zero attached hydrogens (tertiary/aromatic N) is 1. The molecule has 0 aliphatic heterocycles. The minimum absolute atomic E-state index is 0.128. The lowest BCUT2D eigenvalue weighted by atomic mass is 10.2. The molecule has 0 bridgehead atoms. The fourth-order valence-corrected chi connectivity index (χ4v) is 3.18. The molecule has 0 unspecified atom stereocenters. The number of nitrogens with two attached hydrogens (primary N) is 1. The Morgan fingerprint density at radius 2 is 1.18 bits per heavy atom. The minimum Gasteiger partial charge on any atom is -0.460 e. The van der Waals surface area contributed by atoms with Crippen molar-refractivity contribution in [1.29, 1.82) is 0 Å². The number of carbonyl (C=O) groups is 3. The van der Waals surface area contributed by atoms with Gasteiger partial charge >= 0.3 is 18.0 Å². The van der Waals surface area contributed by atoms with Crippen LogP contribution in [0.15, 0.2) is 60.7 Å². The summed E-state index contributed by atoms with van der Waals surface area (Å²) in [4.78, 5) is 38.5. The van der Waals surface area contributed by atoms with Gasteiger partial charge in [-0.25, -0.2) is 4.79 Å². The standard InChI is InChI=1S/C27H38N4O7/c28-11-15-35-17-18-36-16-13-30-27(34)29-12-14-31(19-25(32)37-21-23-7-3-1-4-8-23)20-26(33)38-22-24-9-5-2-6-10-24/h1-10H,11-22,28H2,(H2,29,30,34). The molecule has 11 heteroatoms. The lowest BCUT2D eigenvalue weighted by Gasteiger charge is -2.21. The molecule has 208 valence electrons. The van der Waals surface area contributed by atoms with Gasteiger partial charge in [0, 0.05) is 26.2 Å². The van der Waals surface area contributed by atoms with Crippen LogP contribution in [0, 0.1) is 0 Å². The highest BCUT2D eigenvalue weighted by Crippen LogP contribution is 2.03. The van der Waals surface area contributed by atoms with E-state index in [1.165, 1.54) is 0 Å². The van der Waals surface area contributed by atoms with Crippen LogP contribution in [0.3, 0.4) is 0 Å². The molecule has 2 rings (SSSR count). The van der Waals surface area contributed by atoms with Gasteiger partial charge in [-0.2, -0.15) is 0 Å². The lowest BCUT2D eigenvalue weighted by Crippen LogP contribution is -2.44. The second kappa shape index (κ2) is 19.6. The van der Waals surface area contributed by atoms with Gasteiger partial charge in [0.15, 0.2) is 0 Å². The van der Waals surface area contributed by atoms with Gasteiger partial charge < -0.3 is 35.3 Å². The second-order valence-corrected chi connectivity index (χ2v) is 8.20. The third kappa shape index (κ3) is 14.9. The van der Waals surface area contributed by atoms with Crippen molar-refractivity contribution in [2.24, 2.45) is 5.73 Å². The molecule has 0 saturated carbocycles. The van der Waals surface area contributed by atoms with E-state index in [2.05, 4.69) is 10.6 Å². The summed E-state index contributed by atoms with van der Waals surface area (Å²) in [6.07, 6.45) is 0. The molecule has 0 heterocycles. The van der Waals surface area contributed by atoms with Crippen molar-refractivity contribution in [2.75, 3.05) is 65.7 Å². The van der Waals surface area contributed by atoms with Crippen molar-refractivity contribution in [1.82, 2.24) is 15.5 Å². The third-order valence-corrected chi connectivity index (χ3v) is 5.07. The Labute approximate surface area is 223 Å². The number of benzene rings is 2. The Hall–Kier alpha value is -3.51. The highest BCUT2D eigenvalue weighted by molar-refractivity contribution is 5.75. The van der Waals surface area contributed by atoms with Crippen molar-refractivity contribution >= 4 is 18.0 Å². The summed E-state index contributed by atoms with van der Waals surface area (Å²) in [5.74, 6) is -0.969. The first kappa shape index (κ1) is 30.7. The van der Waals surface area contributed by atoms with Crippen molar-refractivity contribution in [3.63, 3.8) is 0 Å². The molecule has 2 aromatic rings. The molecule has 38 heavy (non-hydrogen) atoms. The Morgan fingerprint density at radius 3 is 1.71 bits per heavy atom. The molecule has 0 fully saturated rings. The summed E-state index contributed by atoms with van der Waals surface area (Å²) < 4.78 is 21.2. The average molecular weight is 531 g/mol. The minimum atomic E-state index is -0.484. The Balaban J connectivity index is 1.73. The largest absolute Gasteiger partial charge is 0.460 e. The molecule has 0 atom stereocenters. The van der Waals surface area contributed by atoms with Crippen LogP contribution in [-0.2, 0) is 41.8 Å². The number of hydrogen-bond acceptors (Lipinski definition) is 9. The molecule has 2 amide bonds. The first-order valence-corrected chi connectivity index (χ1v) is 12.6. The molecule has 11 nitrogen and oxygen atoms in total. The molecule has 0 saturated heterocycles. The monoisotopic (exact) mass is 530 g/mol. The maximum atomic E-state index is 12.4. The van der Waals surface area contributed by atoms with Crippen molar-refractivity contribution in [3.05, 3.63) is 71.8 Å². The molecule has 0 aromatic heterocycles.